The number of H-pyrrole nitrogens is 1. The zero-order valence-corrected chi connectivity index (χ0v) is 17.8. The van der Waals surface area contributed by atoms with E-state index in [-0.39, 0.29) is 21.9 Å². The van der Waals surface area contributed by atoms with Crippen LogP contribution in [0, 0.1) is 0 Å². The Morgan fingerprint density at radius 3 is 2.40 bits per heavy atom. The molecule has 4 aromatic rings. The lowest BCUT2D eigenvalue weighted by Gasteiger charge is -2.18. The number of benzene rings is 3. The molecule has 1 aromatic heterocycles. The molecule has 0 unspecified atom stereocenters. The molecule has 3 aromatic carbocycles. The molecule has 1 heterocycles. The Balaban J connectivity index is 2.00. The summed E-state index contributed by atoms with van der Waals surface area (Å²) >= 11 is 6.35. The molecule has 0 spiro atoms. The maximum atomic E-state index is 12.6. The SMILES string of the molecule is C[C@@H](CN(C)C)c1ccc(-c2c(O)cc(Cl)c3[nH]c(=O)c4c(O)cccc4c23)cc1. The average molecular weight is 423 g/mol. The molecular formula is C24H23ClN2O3. The first-order valence-corrected chi connectivity index (χ1v) is 10.1. The Bertz CT molecular complexity index is 1310. The second-order valence-electron chi connectivity index (χ2n) is 7.94. The van der Waals surface area contributed by atoms with E-state index in [0.717, 1.165) is 12.1 Å². The summed E-state index contributed by atoms with van der Waals surface area (Å²) in [5.41, 5.74) is 2.56. The summed E-state index contributed by atoms with van der Waals surface area (Å²) in [6.45, 7) is 3.10. The quantitative estimate of drug-likeness (QED) is 0.401. The number of fused-ring (bicyclic) bond motifs is 3. The predicted octanol–water partition coefficient (Wildman–Crippen LogP) is 5.08. The van der Waals surface area contributed by atoms with Gasteiger partial charge in [-0.15, -0.1) is 0 Å². The van der Waals surface area contributed by atoms with E-state index < -0.39 is 5.56 Å². The number of hydrogen-bond donors (Lipinski definition) is 3. The fraction of sp³-hybridized carbons (Fsp3) is 0.208. The molecule has 0 radical (unpaired) electrons. The van der Waals surface area contributed by atoms with Gasteiger partial charge in [0.25, 0.3) is 5.56 Å². The van der Waals surface area contributed by atoms with Gasteiger partial charge in [-0.1, -0.05) is 54.9 Å². The maximum absolute atomic E-state index is 12.6. The number of halogens is 1. The van der Waals surface area contributed by atoms with E-state index in [1.54, 1.807) is 12.1 Å². The summed E-state index contributed by atoms with van der Waals surface area (Å²) in [4.78, 5) is 17.5. The van der Waals surface area contributed by atoms with Crippen LogP contribution >= 0.6 is 11.6 Å². The van der Waals surface area contributed by atoms with E-state index in [1.807, 2.05) is 26.2 Å². The average Bonchev–Trinajstić information content (AvgIpc) is 2.69. The summed E-state index contributed by atoms with van der Waals surface area (Å²) in [6.07, 6.45) is 0. The van der Waals surface area contributed by atoms with Gasteiger partial charge in [-0.05, 0) is 37.2 Å². The number of phenolic OH excluding ortho intramolecular Hbond substituents is 2. The number of hydrogen-bond acceptors (Lipinski definition) is 4. The summed E-state index contributed by atoms with van der Waals surface area (Å²) in [5.74, 6) is 0.256. The summed E-state index contributed by atoms with van der Waals surface area (Å²) < 4.78 is 0. The van der Waals surface area contributed by atoms with Crippen molar-refractivity contribution in [2.24, 2.45) is 0 Å². The monoisotopic (exact) mass is 422 g/mol. The van der Waals surface area contributed by atoms with Crippen molar-refractivity contribution < 1.29 is 10.2 Å². The highest BCUT2D eigenvalue weighted by Crippen LogP contribution is 2.43. The Morgan fingerprint density at radius 2 is 1.73 bits per heavy atom. The molecule has 1 atom stereocenters. The van der Waals surface area contributed by atoms with Gasteiger partial charge in [0.2, 0.25) is 0 Å². The normalized spacial score (nSPS) is 12.7. The van der Waals surface area contributed by atoms with Crippen molar-refractivity contribution in [3.8, 4) is 22.6 Å². The first-order chi connectivity index (χ1) is 14.3. The Hall–Kier alpha value is -3.02. The van der Waals surface area contributed by atoms with Crippen molar-refractivity contribution >= 4 is 33.3 Å². The lowest BCUT2D eigenvalue weighted by molar-refractivity contribution is 0.383. The minimum Gasteiger partial charge on any atom is -0.507 e. The van der Waals surface area contributed by atoms with Crippen LogP contribution in [0.3, 0.4) is 0 Å². The Morgan fingerprint density at radius 1 is 1.03 bits per heavy atom. The van der Waals surface area contributed by atoms with Gasteiger partial charge in [0.15, 0.2) is 0 Å². The molecule has 3 N–H and O–H groups in total. The number of nitrogens with one attached hydrogen (secondary N) is 1. The third-order valence-corrected chi connectivity index (χ3v) is 5.74. The van der Waals surface area contributed by atoms with Crippen molar-refractivity contribution in [3.63, 3.8) is 0 Å². The zero-order chi connectivity index (χ0) is 21.6. The van der Waals surface area contributed by atoms with Crippen LogP contribution in [0.25, 0.3) is 32.8 Å². The molecule has 0 saturated carbocycles. The highest BCUT2D eigenvalue weighted by atomic mass is 35.5. The molecule has 4 rings (SSSR count). The third-order valence-electron chi connectivity index (χ3n) is 5.44. The number of aromatic nitrogens is 1. The molecule has 30 heavy (non-hydrogen) atoms. The van der Waals surface area contributed by atoms with Gasteiger partial charge in [-0.25, -0.2) is 0 Å². The van der Waals surface area contributed by atoms with E-state index in [2.05, 4.69) is 28.9 Å². The molecular weight excluding hydrogens is 400 g/mol. The van der Waals surface area contributed by atoms with Crippen LogP contribution in [0.2, 0.25) is 5.02 Å². The van der Waals surface area contributed by atoms with Crippen molar-refractivity contribution in [1.82, 2.24) is 9.88 Å². The highest BCUT2D eigenvalue weighted by Gasteiger charge is 2.19. The number of aromatic amines is 1. The number of likely N-dealkylation sites (N-methyl/N-ethyl adjacent to an activating group) is 1. The maximum Gasteiger partial charge on any atom is 0.260 e. The molecule has 5 nitrogen and oxygen atoms in total. The lowest BCUT2D eigenvalue weighted by atomic mass is 9.93. The van der Waals surface area contributed by atoms with E-state index in [0.29, 0.717) is 27.8 Å². The van der Waals surface area contributed by atoms with Gasteiger partial charge in [-0.2, -0.15) is 0 Å². The van der Waals surface area contributed by atoms with Crippen LogP contribution in [0.5, 0.6) is 11.5 Å². The summed E-state index contributed by atoms with van der Waals surface area (Å²) in [7, 11) is 4.09. The Kier molecular flexibility index (Phi) is 5.18. The molecule has 0 aliphatic rings. The van der Waals surface area contributed by atoms with E-state index in [4.69, 9.17) is 11.6 Å². The van der Waals surface area contributed by atoms with Crippen LogP contribution in [-0.2, 0) is 0 Å². The van der Waals surface area contributed by atoms with Crippen molar-refractivity contribution in [3.05, 3.63) is 69.5 Å². The standard InChI is InChI=1S/C24H23ClN2O3/c1-13(12-27(2)3)14-7-9-15(10-8-14)20-19(29)11-17(25)23-22(20)16-5-4-6-18(28)21(16)24(30)26-23/h4-11,13,28-29H,12H2,1-3H3,(H,26,30)/t13-/m0/s1. The Labute approximate surface area is 179 Å². The first-order valence-electron chi connectivity index (χ1n) is 9.72. The molecule has 0 saturated heterocycles. The number of nitrogens with zero attached hydrogens (tertiary/aromatic N) is 1. The van der Waals surface area contributed by atoms with Gasteiger partial charge in [-0.3, -0.25) is 4.79 Å². The minimum atomic E-state index is -0.429. The lowest BCUT2D eigenvalue weighted by Crippen LogP contribution is -2.18. The van der Waals surface area contributed by atoms with Crippen LogP contribution < -0.4 is 5.56 Å². The van der Waals surface area contributed by atoms with Crippen LogP contribution in [-0.4, -0.2) is 40.7 Å². The predicted molar refractivity (Wildman–Crippen MR) is 123 cm³/mol. The second kappa shape index (κ2) is 7.67. The van der Waals surface area contributed by atoms with E-state index >= 15 is 0 Å². The van der Waals surface area contributed by atoms with Gasteiger partial charge >= 0.3 is 0 Å². The van der Waals surface area contributed by atoms with Crippen molar-refractivity contribution in [1.29, 1.82) is 0 Å². The van der Waals surface area contributed by atoms with Crippen LogP contribution in [0.15, 0.2) is 53.3 Å². The van der Waals surface area contributed by atoms with Gasteiger partial charge in [0.05, 0.1) is 15.9 Å². The molecule has 0 fully saturated rings. The zero-order valence-electron chi connectivity index (χ0n) is 17.0. The van der Waals surface area contributed by atoms with Crippen LogP contribution in [0.1, 0.15) is 18.4 Å². The third kappa shape index (κ3) is 3.40. The van der Waals surface area contributed by atoms with Crippen LogP contribution in [0.4, 0.5) is 0 Å². The summed E-state index contributed by atoms with van der Waals surface area (Å²) in [6, 6.07) is 14.3. The van der Waals surface area contributed by atoms with Gasteiger partial charge in [0, 0.05) is 28.9 Å². The number of rotatable bonds is 4. The first kappa shape index (κ1) is 20.3. The fourth-order valence-electron chi connectivity index (χ4n) is 4.12. The number of phenols is 2. The van der Waals surface area contributed by atoms with Gasteiger partial charge in [0.1, 0.15) is 11.5 Å². The molecule has 0 amide bonds. The molecule has 0 aliphatic carbocycles. The van der Waals surface area contributed by atoms with E-state index in [1.165, 1.54) is 17.7 Å². The number of aromatic hydroxyl groups is 2. The summed E-state index contributed by atoms with van der Waals surface area (Å²) in [5, 5.41) is 22.6. The smallest absolute Gasteiger partial charge is 0.260 e. The molecule has 154 valence electrons. The van der Waals surface area contributed by atoms with Crippen molar-refractivity contribution in [2.75, 3.05) is 20.6 Å². The molecule has 6 heteroatoms. The topological polar surface area (TPSA) is 76.6 Å². The fourth-order valence-corrected chi connectivity index (χ4v) is 4.36. The van der Waals surface area contributed by atoms with Crippen molar-refractivity contribution in [2.45, 2.75) is 12.8 Å². The second-order valence-corrected chi connectivity index (χ2v) is 8.35. The molecule has 0 bridgehead atoms. The number of pyridine rings is 1. The molecule has 0 aliphatic heterocycles. The highest BCUT2D eigenvalue weighted by molar-refractivity contribution is 6.37. The minimum absolute atomic E-state index is 0.0123. The van der Waals surface area contributed by atoms with E-state index in [9.17, 15) is 15.0 Å². The largest absolute Gasteiger partial charge is 0.507 e. The van der Waals surface area contributed by atoms with Gasteiger partial charge < -0.3 is 20.1 Å².